The third kappa shape index (κ3) is 5.62. The van der Waals surface area contributed by atoms with E-state index in [0.29, 0.717) is 0 Å². The Morgan fingerprint density at radius 1 is 0.568 bits per heavy atom. The summed E-state index contributed by atoms with van der Waals surface area (Å²) in [4.78, 5) is 0. The summed E-state index contributed by atoms with van der Waals surface area (Å²) in [6.07, 6.45) is 6.95. The molecule has 0 amide bonds. The summed E-state index contributed by atoms with van der Waals surface area (Å²) in [7, 11) is -1.66. The quantitative estimate of drug-likeness (QED) is 0.160. The van der Waals surface area contributed by atoms with E-state index in [1.807, 2.05) is 0 Å². The van der Waals surface area contributed by atoms with Crippen LogP contribution in [0.1, 0.15) is 13.0 Å². The van der Waals surface area contributed by atoms with Crippen LogP contribution in [-0.4, -0.2) is 15.0 Å². The lowest BCUT2D eigenvalue weighted by Crippen LogP contribution is -2.32. The molecule has 1 aliphatic carbocycles. The van der Waals surface area contributed by atoms with Gasteiger partial charge < -0.3 is 0 Å². The molecule has 5 heteroatoms. The first-order valence-electron chi connectivity index (χ1n) is 15.0. The number of benzene rings is 5. The third-order valence-electron chi connectivity index (χ3n) is 8.08. The van der Waals surface area contributed by atoms with Crippen molar-refractivity contribution in [3.8, 4) is 11.3 Å². The van der Waals surface area contributed by atoms with Crippen LogP contribution in [0.4, 0.5) is 0 Å². The molecule has 0 saturated carbocycles. The van der Waals surface area contributed by atoms with Crippen LogP contribution in [0.15, 0.2) is 175 Å². The monoisotopic (exact) mass is 605 g/mol. The normalized spacial score (nSPS) is 15.1. The standard InChI is InChI=1S/C39H33N3P2/c1-30(36-28-17-29-37(36)43(32-20-9-3-10-21-32)33-22-11-4-12-23-33)42-39(38(40-41-42)31-18-7-2-8-19-31)44(34-24-13-5-14-25-34)35-26-15-6-16-27-35/h2-30,36H,1H3/t30-,36?/m0/s1. The SMILES string of the molecule is C[C@@H](C1C=CC=C1P(c1ccccc1)c1ccccc1)n1nnc(-c2ccccc2)c1P(c1ccccc1)c1ccccc1. The number of aromatic nitrogens is 3. The second kappa shape index (κ2) is 13.1. The third-order valence-corrected chi connectivity index (χ3v) is 13.1. The molecular weight excluding hydrogens is 572 g/mol. The van der Waals surface area contributed by atoms with Gasteiger partial charge in [-0.05, 0) is 41.4 Å². The van der Waals surface area contributed by atoms with Gasteiger partial charge in [0.15, 0.2) is 0 Å². The number of rotatable bonds is 9. The van der Waals surface area contributed by atoms with E-state index in [-0.39, 0.29) is 12.0 Å². The van der Waals surface area contributed by atoms with E-state index in [9.17, 15) is 0 Å². The van der Waals surface area contributed by atoms with Crippen LogP contribution >= 0.6 is 15.8 Å². The van der Waals surface area contributed by atoms with Gasteiger partial charge in [0.2, 0.25) is 0 Å². The van der Waals surface area contributed by atoms with Crippen molar-refractivity contribution in [3.63, 3.8) is 0 Å². The largest absolute Gasteiger partial charge is 0.240 e. The predicted molar refractivity (Wildman–Crippen MR) is 189 cm³/mol. The highest BCUT2D eigenvalue weighted by Crippen LogP contribution is 2.52. The number of allylic oxidation sites excluding steroid dienone is 4. The van der Waals surface area contributed by atoms with Gasteiger partial charge in [-0.3, -0.25) is 0 Å². The second-order valence-electron chi connectivity index (χ2n) is 10.8. The summed E-state index contributed by atoms with van der Waals surface area (Å²) in [5.74, 6) is 0.175. The zero-order chi connectivity index (χ0) is 29.7. The van der Waals surface area contributed by atoms with Crippen LogP contribution in [0, 0.1) is 5.92 Å². The fraction of sp³-hybridized carbons (Fsp3) is 0.0769. The highest BCUT2D eigenvalue weighted by atomic mass is 31.1. The minimum absolute atomic E-state index is 0.0508. The lowest BCUT2D eigenvalue weighted by molar-refractivity contribution is 0.430. The number of hydrogen-bond donors (Lipinski definition) is 0. The Hall–Kier alpha value is -4.42. The Morgan fingerprint density at radius 3 is 1.48 bits per heavy atom. The van der Waals surface area contributed by atoms with Crippen LogP contribution in [0.5, 0.6) is 0 Å². The molecule has 0 saturated heterocycles. The molecule has 6 aromatic rings. The van der Waals surface area contributed by atoms with E-state index in [2.05, 4.69) is 181 Å². The van der Waals surface area contributed by atoms with Crippen molar-refractivity contribution in [2.45, 2.75) is 13.0 Å². The average Bonchev–Trinajstić information content (AvgIpc) is 3.76. The topological polar surface area (TPSA) is 30.7 Å². The second-order valence-corrected chi connectivity index (χ2v) is 15.2. The molecule has 0 fully saturated rings. The van der Waals surface area contributed by atoms with Gasteiger partial charge in [-0.25, -0.2) is 4.68 Å². The van der Waals surface area contributed by atoms with Crippen LogP contribution in [0.25, 0.3) is 11.3 Å². The summed E-state index contributed by atoms with van der Waals surface area (Å²) in [5.41, 5.74) is 3.23. The van der Waals surface area contributed by atoms with Crippen molar-refractivity contribution in [1.82, 2.24) is 15.0 Å². The van der Waals surface area contributed by atoms with Gasteiger partial charge in [0.1, 0.15) is 5.69 Å². The molecule has 1 unspecified atom stereocenters. The molecular formula is C39H33N3P2. The summed E-state index contributed by atoms with van der Waals surface area (Å²) < 4.78 is 2.24. The Balaban J connectivity index is 1.38. The summed E-state index contributed by atoms with van der Waals surface area (Å²) >= 11 is 0. The molecule has 0 spiro atoms. The zero-order valence-corrected chi connectivity index (χ0v) is 26.3. The first-order valence-corrected chi connectivity index (χ1v) is 17.7. The molecule has 0 N–H and O–H groups in total. The van der Waals surface area contributed by atoms with E-state index < -0.39 is 15.8 Å². The molecule has 3 nitrogen and oxygen atoms in total. The summed E-state index contributed by atoms with van der Waals surface area (Å²) in [6, 6.07) is 54.3. The van der Waals surface area contributed by atoms with E-state index in [1.54, 1.807) is 0 Å². The maximum atomic E-state index is 4.98. The van der Waals surface area contributed by atoms with Crippen molar-refractivity contribution < 1.29 is 0 Å². The first-order chi connectivity index (χ1) is 21.8. The van der Waals surface area contributed by atoms with Crippen molar-refractivity contribution in [3.05, 3.63) is 175 Å². The van der Waals surface area contributed by atoms with E-state index in [0.717, 1.165) is 11.3 Å². The molecule has 1 heterocycles. The fourth-order valence-corrected chi connectivity index (χ4v) is 11.2. The Bertz CT molecular complexity index is 1790. The molecule has 0 bridgehead atoms. The first kappa shape index (κ1) is 28.4. The van der Waals surface area contributed by atoms with E-state index in [4.69, 9.17) is 10.3 Å². The van der Waals surface area contributed by atoms with Crippen LogP contribution in [0.2, 0.25) is 0 Å². The fourth-order valence-electron chi connectivity index (χ4n) is 5.97. The minimum Gasteiger partial charge on any atom is -0.240 e. The highest BCUT2D eigenvalue weighted by molar-refractivity contribution is 7.80. The van der Waals surface area contributed by atoms with Gasteiger partial charge in [0, 0.05) is 19.4 Å². The van der Waals surface area contributed by atoms with Crippen LogP contribution in [0.3, 0.4) is 0 Å². The van der Waals surface area contributed by atoms with Crippen molar-refractivity contribution in [2.75, 3.05) is 0 Å². The van der Waals surface area contributed by atoms with Crippen molar-refractivity contribution in [1.29, 1.82) is 0 Å². The smallest absolute Gasteiger partial charge is 0.121 e. The molecule has 1 aliphatic rings. The average molecular weight is 606 g/mol. The van der Waals surface area contributed by atoms with E-state index >= 15 is 0 Å². The Morgan fingerprint density at radius 2 is 1.00 bits per heavy atom. The van der Waals surface area contributed by atoms with Crippen LogP contribution in [-0.2, 0) is 0 Å². The van der Waals surface area contributed by atoms with Crippen molar-refractivity contribution in [2.24, 2.45) is 5.92 Å². The minimum atomic E-state index is -0.939. The van der Waals surface area contributed by atoms with Crippen LogP contribution < -0.4 is 26.7 Å². The lowest BCUT2D eigenvalue weighted by Gasteiger charge is -2.30. The summed E-state index contributed by atoms with van der Waals surface area (Å²) in [6.45, 7) is 2.31. The maximum Gasteiger partial charge on any atom is 0.121 e. The van der Waals surface area contributed by atoms with Gasteiger partial charge >= 0.3 is 0 Å². The van der Waals surface area contributed by atoms with Gasteiger partial charge in [-0.15, -0.1) is 5.10 Å². The number of hydrogen-bond acceptors (Lipinski definition) is 2. The van der Waals surface area contributed by atoms with E-state index in [1.165, 1.54) is 32.0 Å². The molecule has 7 rings (SSSR count). The molecule has 1 aromatic heterocycles. The van der Waals surface area contributed by atoms with Crippen molar-refractivity contribution >= 4 is 42.5 Å². The lowest BCUT2D eigenvalue weighted by atomic mass is 10.0. The molecule has 2 atom stereocenters. The zero-order valence-electron chi connectivity index (χ0n) is 24.6. The molecule has 5 aromatic carbocycles. The van der Waals surface area contributed by atoms with Gasteiger partial charge in [-0.1, -0.05) is 175 Å². The Kier molecular flexibility index (Phi) is 8.42. The molecule has 44 heavy (non-hydrogen) atoms. The maximum absolute atomic E-state index is 4.98. The van der Waals surface area contributed by atoms with Gasteiger partial charge in [-0.2, -0.15) is 0 Å². The predicted octanol–water partition coefficient (Wildman–Crippen LogP) is 7.47. The molecule has 0 radical (unpaired) electrons. The van der Waals surface area contributed by atoms with Gasteiger partial charge in [0.05, 0.1) is 11.5 Å². The highest BCUT2D eigenvalue weighted by Gasteiger charge is 2.35. The molecule has 214 valence electrons. The molecule has 0 aliphatic heterocycles. The Labute approximate surface area is 262 Å². The number of nitrogens with zero attached hydrogens (tertiary/aromatic N) is 3. The summed E-state index contributed by atoms with van der Waals surface area (Å²) in [5, 5.41) is 16.6. The van der Waals surface area contributed by atoms with Gasteiger partial charge in [0.25, 0.3) is 0 Å².